The van der Waals surface area contributed by atoms with Crippen LogP contribution in [0.15, 0.2) is 71.2 Å². The molecule has 1 aliphatic rings. The van der Waals surface area contributed by atoms with Crippen molar-refractivity contribution in [1.82, 2.24) is 10.4 Å². The Morgan fingerprint density at radius 1 is 1.07 bits per heavy atom. The zero-order valence-electron chi connectivity index (χ0n) is 14.5. The summed E-state index contributed by atoms with van der Waals surface area (Å²) in [6, 6.07) is 17.3. The molecule has 5 nitrogen and oxygen atoms in total. The van der Waals surface area contributed by atoms with Crippen LogP contribution in [0.1, 0.15) is 24.0 Å². The predicted molar refractivity (Wildman–Crippen MR) is 108 cm³/mol. The minimum atomic E-state index is -0.986. The SMILES string of the molecule is O=C(O)CCC(=O)N1NC(c2ccc(Br)cc2)=C[C@@H]1/C=C/c1ccccc1. The molecule has 0 unspecified atom stereocenters. The Labute approximate surface area is 166 Å². The van der Waals surface area contributed by atoms with E-state index < -0.39 is 5.97 Å². The number of hydrogen-bond acceptors (Lipinski definition) is 3. The maximum Gasteiger partial charge on any atom is 0.303 e. The zero-order valence-corrected chi connectivity index (χ0v) is 16.1. The molecular formula is C21H19BrN2O3. The Bertz CT molecular complexity index is 876. The molecule has 3 rings (SSSR count). The number of benzene rings is 2. The second-order valence-corrected chi connectivity index (χ2v) is 7.03. The topological polar surface area (TPSA) is 69.6 Å². The summed E-state index contributed by atoms with van der Waals surface area (Å²) in [4.78, 5) is 23.3. The first-order valence-corrected chi connectivity index (χ1v) is 9.34. The largest absolute Gasteiger partial charge is 0.481 e. The first-order chi connectivity index (χ1) is 13.0. The summed E-state index contributed by atoms with van der Waals surface area (Å²) in [7, 11) is 0. The van der Waals surface area contributed by atoms with Gasteiger partial charge in [0.25, 0.3) is 0 Å². The summed E-state index contributed by atoms with van der Waals surface area (Å²) in [5.41, 5.74) is 5.91. The average molecular weight is 427 g/mol. The maximum absolute atomic E-state index is 12.5. The third kappa shape index (κ3) is 5.08. The van der Waals surface area contributed by atoms with Crippen LogP contribution in [0, 0.1) is 0 Å². The van der Waals surface area contributed by atoms with Crippen molar-refractivity contribution in [1.29, 1.82) is 0 Å². The first-order valence-electron chi connectivity index (χ1n) is 8.54. The maximum atomic E-state index is 12.5. The average Bonchev–Trinajstić information content (AvgIpc) is 3.10. The lowest BCUT2D eigenvalue weighted by Gasteiger charge is -2.23. The number of carboxylic acid groups (broad SMARTS) is 1. The van der Waals surface area contributed by atoms with Crippen LogP contribution in [-0.4, -0.2) is 28.0 Å². The van der Waals surface area contributed by atoms with Gasteiger partial charge in [-0.25, -0.2) is 5.01 Å². The van der Waals surface area contributed by atoms with Gasteiger partial charge in [-0.3, -0.25) is 15.0 Å². The monoisotopic (exact) mass is 426 g/mol. The number of aliphatic carboxylic acids is 1. The van der Waals surface area contributed by atoms with Crippen LogP contribution in [0.4, 0.5) is 0 Å². The molecule has 0 spiro atoms. The van der Waals surface area contributed by atoms with Crippen LogP contribution in [0.3, 0.4) is 0 Å². The van der Waals surface area contributed by atoms with Gasteiger partial charge in [-0.2, -0.15) is 0 Å². The molecule has 1 aliphatic heterocycles. The number of nitrogens with one attached hydrogen (secondary N) is 1. The van der Waals surface area contributed by atoms with E-state index in [1.165, 1.54) is 5.01 Å². The second-order valence-electron chi connectivity index (χ2n) is 6.12. The summed E-state index contributed by atoms with van der Waals surface area (Å²) in [5.74, 6) is -1.25. The molecule has 0 aliphatic carbocycles. The molecule has 1 amide bonds. The number of amides is 1. The number of carbonyl (C=O) groups is 2. The summed E-state index contributed by atoms with van der Waals surface area (Å²) in [6.07, 6.45) is 5.58. The fraction of sp³-hybridized carbons (Fsp3) is 0.143. The van der Waals surface area contributed by atoms with E-state index in [1.54, 1.807) is 0 Å². The standard InChI is InChI=1S/C21H19BrN2O3/c22-17-9-7-16(8-10-17)19-14-18(11-6-15-4-2-1-3-5-15)24(23-19)20(25)12-13-21(26)27/h1-11,14,18,23H,12-13H2,(H,26,27)/b11-6+/t18-/m0/s1. The van der Waals surface area contributed by atoms with E-state index in [0.29, 0.717) is 0 Å². The third-order valence-corrected chi connectivity index (χ3v) is 4.67. The lowest BCUT2D eigenvalue weighted by atomic mass is 10.1. The van der Waals surface area contributed by atoms with Crippen molar-refractivity contribution in [3.8, 4) is 0 Å². The number of carboxylic acids is 1. The molecule has 0 saturated carbocycles. The van der Waals surface area contributed by atoms with Gasteiger partial charge in [-0.15, -0.1) is 0 Å². The molecule has 0 saturated heterocycles. The smallest absolute Gasteiger partial charge is 0.303 e. The van der Waals surface area contributed by atoms with Gasteiger partial charge in [0.1, 0.15) is 0 Å². The van der Waals surface area contributed by atoms with Gasteiger partial charge in [-0.1, -0.05) is 70.5 Å². The van der Waals surface area contributed by atoms with E-state index in [4.69, 9.17) is 5.11 Å². The molecule has 0 aromatic heterocycles. The highest BCUT2D eigenvalue weighted by molar-refractivity contribution is 9.10. The molecule has 1 heterocycles. The molecular weight excluding hydrogens is 408 g/mol. The summed E-state index contributed by atoms with van der Waals surface area (Å²) in [5, 5.41) is 10.3. The van der Waals surface area contributed by atoms with E-state index in [2.05, 4.69) is 21.4 Å². The zero-order chi connectivity index (χ0) is 19.2. The van der Waals surface area contributed by atoms with Gasteiger partial charge >= 0.3 is 5.97 Å². The molecule has 6 heteroatoms. The van der Waals surface area contributed by atoms with Crippen LogP contribution < -0.4 is 5.43 Å². The van der Waals surface area contributed by atoms with Crippen LogP contribution in [0.5, 0.6) is 0 Å². The number of carbonyl (C=O) groups excluding carboxylic acids is 1. The summed E-state index contributed by atoms with van der Waals surface area (Å²) >= 11 is 3.41. The second kappa shape index (κ2) is 8.68. The van der Waals surface area contributed by atoms with Crippen molar-refractivity contribution in [2.24, 2.45) is 0 Å². The molecule has 1 atom stereocenters. The van der Waals surface area contributed by atoms with Crippen molar-refractivity contribution >= 4 is 39.6 Å². The van der Waals surface area contributed by atoms with E-state index in [-0.39, 0.29) is 24.8 Å². The molecule has 27 heavy (non-hydrogen) atoms. The Morgan fingerprint density at radius 3 is 2.44 bits per heavy atom. The van der Waals surface area contributed by atoms with E-state index in [9.17, 15) is 9.59 Å². The van der Waals surface area contributed by atoms with Crippen LogP contribution in [0.25, 0.3) is 11.8 Å². The highest BCUT2D eigenvalue weighted by atomic mass is 79.9. The van der Waals surface area contributed by atoms with Gasteiger partial charge in [0.15, 0.2) is 0 Å². The highest BCUT2D eigenvalue weighted by Gasteiger charge is 2.27. The van der Waals surface area contributed by atoms with Crippen molar-refractivity contribution in [3.63, 3.8) is 0 Å². The number of nitrogens with zero attached hydrogens (tertiary/aromatic N) is 1. The highest BCUT2D eigenvalue weighted by Crippen LogP contribution is 2.24. The van der Waals surface area contributed by atoms with Gasteiger partial charge in [0.2, 0.25) is 5.91 Å². The molecule has 2 aromatic carbocycles. The first kappa shape index (κ1) is 18.9. The predicted octanol–water partition coefficient (Wildman–Crippen LogP) is 4.08. The molecule has 0 radical (unpaired) electrons. The minimum absolute atomic E-state index is 0.0561. The van der Waals surface area contributed by atoms with Crippen molar-refractivity contribution < 1.29 is 14.7 Å². The van der Waals surface area contributed by atoms with Crippen LogP contribution in [-0.2, 0) is 9.59 Å². The number of hydrazine groups is 1. The Kier molecular flexibility index (Phi) is 6.08. The normalized spacial score (nSPS) is 16.3. The van der Waals surface area contributed by atoms with Crippen LogP contribution >= 0.6 is 15.9 Å². The van der Waals surface area contributed by atoms with Crippen LogP contribution in [0.2, 0.25) is 0 Å². The van der Waals surface area contributed by atoms with Crippen molar-refractivity contribution in [2.45, 2.75) is 18.9 Å². The summed E-state index contributed by atoms with van der Waals surface area (Å²) in [6.45, 7) is 0. The van der Waals surface area contributed by atoms with Gasteiger partial charge in [0.05, 0.1) is 18.2 Å². The Balaban J connectivity index is 1.82. The minimum Gasteiger partial charge on any atom is -0.481 e. The molecule has 138 valence electrons. The quantitative estimate of drug-likeness (QED) is 0.729. The van der Waals surface area contributed by atoms with E-state index >= 15 is 0 Å². The van der Waals surface area contributed by atoms with Gasteiger partial charge < -0.3 is 5.11 Å². The van der Waals surface area contributed by atoms with Crippen molar-refractivity contribution in [3.05, 3.63) is 82.3 Å². The van der Waals surface area contributed by atoms with E-state index in [0.717, 1.165) is 21.3 Å². The summed E-state index contributed by atoms with van der Waals surface area (Å²) < 4.78 is 0.972. The van der Waals surface area contributed by atoms with Gasteiger partial charge in [0, 0.05) is 10.9 Å². The molecule has 0 bridgehead atoms. The Hall–Kier alpha value is -2.86. The van der Waals surface area contributed by atoms with Crippen molar-refractivity contribution in [2.75, 3.05) is 0 Å². The Morgan fingerprint density at radius 2 is 1.78 bits per heavy atom. The number of hydrogen-bond donors (Lipinski definition) is 2. The van der Waals surface area contributed by atoms with Gasteiger partial charge in [-0.05, 0) is 29.3 Å². The van der Waals surface area contributed by atoms with E-state index in [1.807, 2.05) is 72.8 Å². The molecule has 2 N–H and O–H groups in total. The lowest BCUT2D eigenvalue weighted by molar-refractivity contribution is -0.141. The number of halogens is 1. The third-order valence-electron chi connectivity index (χ3n) is 4.14. The lowest BCUT2D eigenvalue weighted by Crippen LogP contribution is -2.42. The fourth-order valence-corrected chi connectivity index (χ4v) is 3.02. The fourth-order valence-electron chi connectivity index (χ4n) is 2.76. The molecule has 0 fully saturated rings. The number of rotatable bonds is 6. The molecule has 2 aromatic rings.